The van der Waals surface area contributed by atoms with E-state index in [0.717, 1.165) is 46.8 Å². The van der Waals surface area contributed by atoms with Crippen LogP contribution in [0, 0.1) is 13.8 Å². The normalized spacial score (nSPS) is 10.5. The van der Waals surface area contributed by atoms with Crippen molar-refractivity contribution < 1.29 is 4.74 Å². The van der Waals surface area contributed by atoms with Crippen LogP contribution in [0.15, 0.2) is 28.7 Å². The number of aryl methyl sites for hydroxylation is 2. The lowest BCUT2D eigenvalue weighted by atomic mass is 10.2. The van der Waals surface area contributed by atoms with E-state index in [9.17, 15) is 0 Å². The van der Waals surface area contributed by atoms with E-state index in [1.807, 2.05) is 25.1 Å². The summed E-state index contributed by atoms with van der Waals surface area (Å²) >= 11 is 3.50. The molecular formula is C16H21BrN4O. The Labute approximate surface area is 139 Å². The van der Waals surface area contributed by atoms with E-state index < -0.39 is 0 Å². The third kappa shape index (κ3) is 4.96. The number of ether oxygens (including phenoxy) is 1. The molecule has 0 bridgehead atoms. The van der Waals surface area contributed by atoms with E-state index >= 15 is 0 Å². The first kappa shape index (κ1) is 16.7. The van der Waals surface area contributed by atoms with Crippen LogP contribution in [0.4, 0.5) is 17.5 Å². The van der Waals surface area contributed by atoms with Crippen molar-refractivity contribution in [3.63, 3.8) is 0 Å². The Balaban J connectivity index is 2.06. The average Bonchev–Trinajstić information content (AvgIpc) is 2.47. The minimum atomic E-state index is 0.593. The molecule has 0 spiro atoms. The Hall–Kier alpha value is -1.66. The van der Waals surface area contributed by atoms with Gasteiger partial charge in [0.05, 0.1) is 0 Å². The summed E-state index contributed by atoms with van der Waals surface area (Å²) < 4.78 is 6.12. The number of nitrogens with zero attached hydrogens (tertiary/aromatic N) is 2. The number of methoxy groups -OCH3 is 1. The molecule has 1 aromatic heterocycles. The molecule has 2 rings (SSSR count). The fraction of sp³-hybridized carbons (Fsp3) is 0.375. The van der Waals surface area contributed by atoms with Gasteiger partial charge < -0.3 is 15.4 Å². The highest BCUT2D eigenvalue weighted by atomic mass is 79.9. The summed E-state index contributed by atoms with van der Waals surface area (Å²) in [4.78, 5) is 8.92. The zero-order chi connectivity index (χ0) is 15.9. The molecule has 1 aromatic carbocycles. The molecule has 6 heteroatoms. The quantitative estimate of drug-likeness (QED) is 0.725. The number of benzene rings is 1. The molecular weight excluding hydrogens is 344 g/mol. The maximum atomic E-state index is 5.04. The molecule has 118 valence electrons. The predicted octanol–water partition coefficient (Wildman–Crippen LogP) is 4.05. The number of rotatable bonds is 7. The maximum Gasteiger partial charge on any atom is 0.229 e. The number of anilines is 3. The fourth-order valence-electron chi connectivity index (χ4n) is 2.00. The topological polar surface area (TPSA) is 59.1 Å². The molecule has 0 aliphatic rings. The summed E-state index contributed by atoms with van der Waals surface area (Å²) in [6, 6.07) is 8.00. The number of hydrogen-bond acceptors (Lipinski definition) is 5. The molecule has 0 aliphatic heterocycles. The summed E-state index contributed by atoms with van der Waals surface area (Å²) in [5, 5.41) is 6.54. The summed E-state index contributed by atoms with van der Waals surface area (Å²) in [5.41, 5.74) is 3.05. The monoisotopic (exact) mass is 364 g/mol. The van der Waals surface area contributed by atoms with Crippen molar-refractivity contribution in [2.45, 2.75) is 20.3 Å². The second kappa shape index (κ2) is 8.10. The van der Waals surface area contributed by atoms with Gasteiger partial charge in [0.2, 0.25) is 5.95 Å². The van der Waals surface area contributed by atoms with Crippen LogP contribution in [-0.4, -0.2) is 30.2 Å². The Bertz CT molecular complexity index is 634. The lowest BCUT2D eigenvalue weighted by Crippen LogP contribution is -2.08. The van der Waals surface area contributed by atoms with Gasteiger partial charge in [0.1, 0.15) is 5.82 Å². The van der Waals surface area contributed by atoms with Crippen LogP contribution in [-0.2, 0) is 4.74 Å². The first-order valence-corrected chi connectivity index (χ1v) is 7.99. The summed E-state index contributed by atoms with van der Waals surface area (Å²) in [7, 11) is 1.71. The van der Waals surface area contributed by atoms with Gasteiger partial charge in [-0.3, -0.25) is 0 Å². The molecule has 2 aromatic rings. The van der Waals surface area contributed by atoms with Crippen LogP contribution in [0.2, 0.25) is 0 Å². The van der Waals surface area contributed by atoms with Crippen molar-refractivity contribution in [3.05, 3.63) is 40.0 Å². The van der Waals surface area contributed by atoms with Crippen LogP contribution >= 0.6 is 15.9 Å². The Morgan fingerprint density at radius 2 is 2.00 bits per heavy atom. The SMILES string of the molecule is COCCCNc1cc(C)nc(Nc2ccc(Br)c(C)c2)n1. The summed E-state index contributed by atoms with van der Waals surface area (Å²) in [5.74, 6) is 1.41. The van der Waals surface area contributed by atoms with Crippen molar-refractivity contribution in [1.82, 2.24) is 9.97 Å². The van der Waals surface area contributed by atoms with Crippen molar-refractivity contribution in [2.75, 3.05) is 30.9 Å². The van der Waals surface area contributed by atoms with Gasteiger partial charge in [-0.15, -0.1) is 0 Å². The third-order valence-electron chi connectivity index (χ3n) is 3.10. The molecule has 0 atom stereocenters. The van der Waals surface area contributed by atoms with E-state index in [2.05, 4.69) is 49.5 Å². The van der Waals surface area contributed by atoms with E-state index in [0.29, 0.717) is 5.95 Å². The van der Waals surface area contributed by atoms with Gasteiger partial charge >= 0.3 is 0 Å². The first-order chi connectivity index (χ1) is 10.6. The molecule has 2 N–H and O–H groups in total. The number of halogens is 1. The third-order valence-corrected chi connectivity index (χ3v) is 3.99. The van der Waals surface area contributed by atoms with E-state index in [4.69, 9.17) is 4.74 Å². The molecule has 0 fully saturated rings. The average molecular weight is 365 g/mol. The smallest absolute Gasteiger partial charge is 0.229 e. The second-order valence-electron chi connectivity index (χ2n) is 5.08. The van der Waals surface area contributed by atoms with E-state index in [1.54, 1.807) is 7.11 Å². The Morgan fingerprint density at radius 1 is 1.18 bits per heavy atom. The molecule has 5 nitrogen and oxygen atoms in total. The fourth-order valence-corrected chi connectivity index (χ4v) is 2.25. The molecule has 0 radical (unpaired) electrons. The van der Waals surface area contributed by atoms with Gasteiger partial charge in [0.15, 0.2) is 0 Å². The van der Waals surface area contributed by atoms with Gasteiger partial charge in [-0.25, -0.2) is 4.98 Å². The van der Waals surface area contributed by atoms with Crippen LogP contribution in [0.1, 0.15) is 17.7 Å². The molecule has 0 saturated carbocycles. The van der Waals surface area contributed by atoms with Gasteiger partial charge in [-0.1, -0.05) is 15.9 Å². The number of aromatic nitrogens is 2. The van der Waals surface area contributed by atoms with Gasteiger partial charge in [0.25, 0.3) is 0 Å². The molecule has 22 heavy (non-hydrogen) atoms. The largest absolute Gasteiger partial charge is 0.385 e. The zero-order valence-corrected chi connectivity index (χ0v) is 14.7. The minimum absolute atomic E-state index is 0.593. The van der Waals surface area contributed by atoms with Gasteiger partial charge in [-0.05, 0) is 44.0 Å². The standard InChI is InChI=1S/C16H21BrN4O/c1-11-9-13(5-6-14(11)17)20-16-19-12(2)10-15(21-16)18-7-4-8-22-3/h5-6,9-10H,4,7-8H2,1-3H3,(H2,18,19,20,21). The van der Waals surface area contributed by atoms with Crippen LogP contribution < -0.4 is 10.6 Å². The van der Waals surface area contributed by atoms with Gasteiger partial charge in [-0.2, -0.15) is 4.98 Å². The van der Waals surface area contributed by atoms with Crippen molar-refractivity contribution >= 4 is 33.4 Å². The highest BCUT2D eigenvalue weighted by Gasteiger charge is 2.04. The molecule has 1 heterocycles. The number of nitrogens with one attached hydrogen (secondary N) is 2. The van der Waals surface area contributed by atoms with E-state index in [1.165, 1.54) is 0 Å². The molecule has 0 unspecified atom stereocenters. The van der Waals surface area contributed by atoms with Gasteiger partial charge in [0, 0.05) is 42.2 Å². The van der Waals surface area contributed by atoms with Crippen molar-refractivity contribution in [2.24, 2.45) is 0 Å². The first-order valence-electron chi connectivity index (χ1n) is 7.20. The second-order valence-corrected chi connectivity index (χ2v) is 5.93. The lowest BCUT2D eigenvalue weighted by molar-refractivity contribution is 0.198. The Kier molecular flexibility index (Phi) is 6.15. The van der Waals surface area contributed by atoms with E-state index in [-0.39, 0.29) is 0 Å². The maximum absolute atomic E-state index is 5.04. The van der Waals surface area contributed by atoms with Crippen LogP contribution in [0.3, 0.4) is 0 Å². The zero-order valence-electron chi connectivity index (χ0n) is 13.1. The highest BCUT2D eigenvalue weighted by molar-refractivity contribution is 9.10. The predicted molar refractivity (Wildman–Crippen MR) is 93.9 cm³/mol. The summed E-state index contributed by atoms with van der Waals surface area (Å²) in [6.07, 6.45) is 0.939. The molecule has 0 aliphatic carbocycles. The summed E-state index contributed by atoms with van der Waals surface area (Å²) in [6.45, 7) is 5.57. The van der Waals surface area contributed by atoms with Crippen LogP contribution in [0.5, 0.6) is 0 Å². The van der Waals surface area contributed by atoms with Crippen molar-refractivity contribution in [1.29, 1.82) is 0 Å². The minimum Gasteiger partial charge on any atom is -0.385 e. The lowest BCUT2D eigenvalue weighted by Gasteiger charge is -2.10. The highest BCUT2D eigenvalue weighted by Crippen LogP contribution is 2.22. The molecule has 0 saturated heterocycles. The van der Waals surface area contributed by atoms with Crippen LogP contribution in [0.25, 0.3) is 0 Å². The Morgan fingerprint density at radius 3 is 2.73 bits per heavy atom. The van der Waals surface area contributed by atoms with Crippen molar-refractivity contribution in [3.8, 4) is 0 Å². The molecule has 0 amide bonds. The number of hydrogen-bond donors (Lipinski definition) is 2.